The van der Waals surface area contributed by atoms with E-state index in [9.17, 15) is 14.4 Å². The van der Waals surface area contributed by atoms with Crippen molar-refractivity contribution >= 4 is 61.1 Å². The molecule has 0 fully saturated rings. The van der Waals surface area contributed by atoms with Crippen LogP contribution < -0.4 is 16.6 Å². The summed E-state index contributed by atoms with van der Waals surface area (Å²) in [6.45, 7) is 1.77. The summed E-state index contributed by atoms with van der Waals surface area (Å²) in [7, 11) is 0. The molecule has 0 bridgehead atoms. The van der Waals surface area contributed by atoms with Crippen molar-refractivity contribution in [2.24, 2.45) is 0 Å². The lowest BCUT2D eigenvalue weighted by Gasteiger charge is -2.17. The second kappa shape index (κ2) is 5.47. The maximum Gasteiger partial charge on any atom is 0.262 e. The van der Waals surface area contributed by atoms with Crippen LogP contribution in [0.5, 0.6) is 0 Å². The molecule has 0 saturated heterocycles. The molecule has 2 amide bonds. The number of nitrogens with two attached hydrogens (primary N) is 1. The van der Waals surface area contributed by atoms with Gasteiger partial charge in [0.05, 0.1) is 16.8 Å². The van der Waals surface area contributed by atoms with E-state index in [1.54, 1.807) is 13.0 Å². The highest BCUT2D eigenvalue weighted by molar-refractivity contribution is 9.11. The molecule has 2 aromatic rings. The molecule has 1 aliphatic heterocycles. The van der Waals surface area contributed by atoms with Gasteiger partial charge in [-0.3, -0.25) is 24.3 Å². The summed E-state index contributed by atoms with van der Waals surface area (Å²) in [6, 6.07) is 2.72. The number of fused-ring (bicyclic) bond motifs is 1. The monoisotopic (exact) mass is 459 g/mol. The maximum atomic E-state index is 12.5. The third-order valence-corrected chi connectivity index (χ3v) is 5.52. The molecule has 2 heterocycles. The molecule has 1 aromatic carbocycles. The molecule has 3 N–H and O–H groups in total. The van der Waals surface area contributed by atoms with Crippen LogP contribution in [0.4, 0.5) is 5.82 Å². The fourth-order valence-electron chi connectivity index (χ4n) is 2.39. The number of rotatable bonds is 1. The Morgan fingerprint density at radius 3 is 2.48 bits per heavy atom. The third-order valence-electron chi connectivity index (χ3n) is 3.55. The molecule has 0 aliphatic carbocycles. The van der Waals surface area contributed by atoms with Crippen LogP contribution in [0.3, 0.4) is 0 Å². The normalized spacial score (nSPS) is 13.2. The van der Waals surface area contributed by atoms with Crippen LogP contribution in [-0.2, 0) is 0 Å². The zero-order chi connectivity index (χ0) is 17.0. The van der Waals surface area contributed by atoms with Gasteiger partial charge in [-0.2, -0.15) is 0 Å². The van der Waals surface area contributed by atoms with Crippen molar-refractivity contribution in [2.45, 2.75) is 6.92 Å². The van der Waals surface area contributed by atoms with Crippen molar-refractivity contribution in [3.05, 3.63) is 53.1 Å². The van der Waals surface area contributed by atoms with Gasteiger partial charge >= 0.3 is 0 Å². The van der Waals surface area contributed by atoms with E-state index in [2.05, 4.69) is 37.2 Å². The summed E-state index contributed by atoms with van der Waals surface area (Å²) >= 11 is 12.9. The number of aromatic nitrogens is 1. The zero-order valence-corrected chi connectivity index (χ0v) is 15.5. The van der Waals surface area contributed by atoms with Gasteiger partial charge in [-0.05, 0) is 50.4 Å². The highest BCUT2D eigenvalue weighted by Crippen LogP contribution is 2.37. The Balaban J connectivity index is 2.43. The van der Waals surface area contributed by atoms with Crippen molar-refractivity contribution in [2.75, 3.05) is 5.73 Å². The minimum atomic E-state index is -0.633. The molecule has 0 unspecified atom stereocenters. The van der Waals surface area contributed by atoms with Gasteiger partial charge in [0, 0.05) is 20.0 Å². The zero-order valence-electron chi connectivity index (χ0n) is 11.5. The number of carbonyl (C=O) groups excluding carboxylic acids is 2. The number of nitrogens with zero attached hydrogens (tertiary/aromatic N) is 1. The van der Waals surface area contributed by atoms with Crippen LogP contribution in [0, 0.1) is 6.92 Å². The van der Waals surface area contributed by atoms with E-state index in [1.807, 2.05) is 0 Å². The minimum absolute atomic E-state index is 0.0130. The van der Waals surface area contributed by atoms with Gasteiger partial charge in [0.1, 0.15) is 5.82 Å². The summed E-state index contributed by atoms with van der Waals surface area (Å²) in [4.78, 5) is 36.1. The van der Waals surface area contributed by atoms with E-state index in [0.717, 1.165) is 10.6 Å². The predicted molar refractivity (Wildman–Crippen MR) is 93.4 cm³/mol. The van der Waals surface area contributed by atoms with E-state index in [1.165, 1.54) is 0 Å². The molecular weight excluding hydrogens is 453 g/mol. The number of hydrogen-bond acceptors (Lipinski definition) is 4. The molecule has 1 aromatic heterocycles. The highest BCUT2D eigenvalue weighted by Gasteiger charge is 2.32. The number of anilines is 1. The van der Waals surface area contributed by atoms with Gasteiger partial charge in [-0.1, -0.05) is 11.6 Å². The third kappa shape index (κ3) is 2.32. The molecule has 0 atom stereocenters. The molecule has 118 valence electrons. The van der Waals surface area contributed by atoms with Gasteiger partial charge in [0.2, 0.25) is 0 Å². The standard InChI is InChI=1S/C14H8Br2ClN3O3/c1-4-7(17)3-6(15)11(10(4)16)20-8(21)2-5-9(12(20)18)14(23)19-13(5)22/h2-3H,18H2,1H3,(H,19,22,23). The number of hydrogen-bond donors (Lipinski definition) is 2. The Morgan fingerprint density at radius 2 is 1.83 bits per heavy atom. The fourth-order valence-corrected chi connectivity index (χ4v) is 4.31. The van der Waals surface area contributed by atoms with E-state index in [4.69, 9.17) is 17.3 Å². The lowest BCUT2D eigenvalue weighted by Crippen LogP contribution is -2.24. The first kappa shape index (κ1) is 16.2. The Kier molecular flexibility index (Phi) is 3.86. The van der Waals surface area contributed by atoms with Gasteiger partial charge < -0.3 is 5.73 Å². The van der Waals surface area contributed by atoms with Crippen molar-refractivity contribution in [1.82, 2.24) is 9.88 Å². The molecule has 0 spiro atoms. The Labute approximate surface area is 151 Å². The Hall–Kier alpha value is -1.64. The lowest BCUT2D eigenvalue weighted by atomic mass is 10.1. The van der Waals surface area contributed by atoms with Crippen molar-refractivity contribution < 1.29 is 9.59 Å². The van der Waals surface area contributed by atoms with Crippen LogP contribution in [-0.4, -0.2) is 16.4 Å². The van der Waals surface area contributed by atoms with Crippen molar-refractivity contribution in [1.29, 1.82) is 0 Å². The van der Waals surface area contributed by atoms with Gasteiger partial charge in [0.15, 0.2) is 0 Å². The summed E-state index contributed by atoms with van der Waals surface area (Å²) < 4.78 is 2.22. The van der Waals surface area contributed by atoms with Gasteiger partial charge in [-0.25, -0.2) is 0 Å². The first-order chi connectivity index (χ1) is 10.7. The van der Waals surface area contributed by atoms with E-state index in [-0.39, 0.29) is 16.9 Å². The quantitative estimate of drug-likeness (QED) is 0.639. The van der Waals surface area contributed by atoms with Crippen molar-refractivity contribution in [3.8, 4) is 5.69 Å². The summed E-state index contributed by atoms with van der Waals surface area (Å²) in [6.07, 6.45) is 0. The average Bonchev–Trinajstić information content (AvgIpc) is 2.74. The maximum absolute atomic E-state index is 12.5. The van der Waals surface area contributed by atoms with Gasteiger partial charge in [0.25, 0.3) is 17.4 Å². The van der Waals surface area contributed by atoms with Crippen LogP contribution in [0.25, 0.3) is 5.69 Å². The Bertz CT molecular complexity index is 969. The number of benzene rings is 1. The molecule has 9 heteroatoms. The van der Waals surface area contributed by atoms with Crippen LogP contribution in [0.15, 0.2) is 25.9 Å². The number of imide groups is 1. The lowest BCUT2D eigenvalue weighted by molar-refractivity contribution is 0.0880. The van der Waals surface area contributed by atoms with Crippen molar-refractivity contribution in [3.63, 3.8) is 0 Å². The van der Waals surface area contributed by atoms with Crippen LogP contribution in [0.2, 0.25) is 5.02 Å². The number of amides is 2. The number of pyridine rings is 1. The molecule has 0 radical (unpaired) electrons. The summed E-state index contributed by atoms with van der Waals surface area (Å²) in [5.74, 6) is -1.38. The molecule has 1 aliphatic rings. The topological polar surface area (TPSA) is 94.2 Å². The molecule has 6 nitrogen and oxygen atoms in total. The first-order valence-electron chi connectivity index (χ1n) is 6.29. The number of nitrogens with one attached hydrogen (secondary N) is 1. The SMILES string of the molecule is Cc1c(Cl)cc(Br)c(-n2c(N)c3c(cc2=O)C(=O)NC3=O)c1Br. The van der Waals surface area contributed by atoms with Crippen LogP contribution >= 0.6 is 43.5 Å². The second-order valence-corrected chi connectivity index (χ2v) is 6.96. The number of carbonyl (C=O) groups is 2. The van der Waals surface area contributed by atoms with E-state index in [0.29, 0.717) is 25.2 Å². The average molecular weight is 461 g/mol. The highest BCUT2D eigenvalue weighted by atomic mass is 79.9. The summed E-state index contributed by atoms with van der Waals surface area (Å²) in [5.41, 5.74) is 6.57. The second-order valence-electron chi connectivity index (χ2n) is 4.90. The first-order valence-corrected chi connectivity index (χ1v) is 8.26. The van der Waals surface area contributed by atoms with Gasteiger partial charge in [-0.15, -0.1) is 0 Å². The van der Waals surface area contributed by atoms with Crippen LogP contribution in [0.1, 0.15) is 26.3 Å². The number of halogens is 3. The van der Waals surface area contributed by atoms with E-state index < -0.39 is 17.4 Å². The molecule has 0 saturated carbocycles. The number of nitrogen functional groups attached to an aromatic ring is 1. The van der Waals surface area contributed by atoms with E-state index >= 15 is 0 Å². The molecule has 23 heavy (non-hydrogen) atoms. The largest absolute Gasteiger partial charge is 0.384 e. The Morgan fingerprint density at radius 1 is 1.17 bits per heavy atom. The molecule has 3 rings (SSSR count). The molecular formula is C14H8Br2ClN3O3. The minimum Gasteiger partial charge on any atom is -0.384 e. The summed E-state index contributed by atoms with van der Waals surface area (Å²) in [5, 5.41) is 2.62. The fraction of sp³-hybridized carbons (Fsp3) is 0.0714. The predicted octanol–water partition coefficient (Wildman–Crippen LogP) is 2.79. The smallest absolute Gasteiger partial charge is 0.262 e.